The fraction of sp³-hybridized carbons (Fsp3) is 0.462. The molecular weight excluding hydrogens is 248 g/mol. The van der Waals surface area contributed by atoms with Crippen molar-refractivity contribution in [2.24, 2.45) is 5.73 Å². The molecule has 0 aliphatic heterocycles. The minimum Gasteiger partial charge on any atom is -0.312 e. The Morgan fingerprint density at radius 2 is 1.94 bits per heavy atom. The molecule has 1 aromatic carbocycles. The zero-order valence-corrected chi connectivity index (χ0v) is 11.2. The minimum atomic E-state index is -3.30. The number of sulfone groups is 1. The third-order valence-corrected chi connectivity index (χ3v) is 5.84. The first-order valence-electron chi connectivity index (χ1n) is 5.85. The molecule has 0 unspecified atom stereocenters. The standard InChI is InChI=1S/C13H16N2O2S/c1-3-18(16,17)12-11(13(12,15)8-14)10-6-4-9(2)5-7-10/h4-7,11-12H,3,15H2,1-2H3/t11-,12+,13-/m0/s1. The summed E-state index contributed by atoms with van der Waals surface area (Å²) in [5.74, 6) is -0.395. The van der Waals surface area contributed by atoms with Crippen molar-refractivity contribution >= 4 is 9.84 Å². The van der Waals surface area contributed by atoms with E-state index in [1.807, 2.05) is 37.3 Å². The van der Waals surface area contributed by atoms with Gasteiger partial charge in [-0.05, 0) is 12.5 Å². The highest BCUT2D eigenvalue weighted by molar-refractivity contribution is 7.92. The van der Waals surface area contributed by atoms with Gasteiger partial charge in [0, 0.05) is 11.7 Å². The van der Waals surface area contributed by atoms with E-state index < -0.39 is 26.5 Å². The highest BCUT2D eigenvalue weighted by Gasteiger charge is 2.69. The van der Waals surface area contributed by atoms with Crippen LogP contribution in [0.1, 0.15) is 24.0 Å². The van der Waals surface area contributed by atoms with Gasteiger partial charge in [-0.25, -0.2) is 8.42 Å². The SMILES string of the molecule is CCS(=O)(=O)[C@@H]1[C@H](c2ccc(C)cc2)[C@@]1(N)C#N. The van der Waals surface area contributed by atoms with Crippen molar-refractivity contribution in [3.63, 3.8) is 0 Å². The second-order valence-corrected chi connectivity index (χ2v) is 7.22. The molecule has 1 fully saturated rings. The molecule has 2 rings (SSSR count). The molecule has 18 heavy (non-hydrogen) atoms. The van der Waals surface area contributed by atoms with E-state index in [0.29, 0.717) is 0 Å². The van der Waals surface area contributed by atoms with Crippen LogP contribution in [-0.4, -0.2) is 25.0 Å². The Balaban J connectivity index is 2.41. The van der Waals surface area contributed by atoms with E-state index in [9.17, 15) is 8.42 Å². The zero-order valence-electron chi connectivity index (χ0n) is 10.4. The quantitative estimate of drug-likeness (QED) is 0.886. The third-order valence-electron chi connectivity index (χ3n) is 3.60. The topological polar surface area (TPSA) is 83.9 Å². The van der Waals surface area contributed by atoms with Crippen molar-refractivity contribution in [1.82, 2.24) is 0 Å². The molecular formula is C13H16N2O2S. The van der Waals surface area contributed by atoms with Crippen LogP contribution in [0.5, 0.6) is 0 Å². The van der Waals surface area contributed by atoms with Crippen LogP contribution in [0.25, 0.3) is 0 Å². The molecule has 4 nitrogen and oxygen atoms in total. The first-order chi connectivity index (χ1) is 8.36. The van der Waals surface area contributed by atoms with Gasteiger partial charge in [0.2, 0.25) is 0 Å². The van der Waals surface area contributed by atoms with Crippen molar-refractivity contribution in [1.29, 1.82) is 5.26 Å². The number of nitrogens with zero attached hydrogens (tertiary/aromatic N) is 1. The van der Waals surface area contributed by atoms with Crippen LogP contribution in [0.2, 0.25) is 0 Å². The number of hydrogen-bond donors (Lipinski definition) is 1. The Bertz CT molecular complexity index is 601. The van der Waals surface area contributed by atoms with E-state index in [-0.39, 0.29) is 5.75 Å². The van der Waals surface area contributed by atoms with E-state index >= 15 is 0 Å². The summed E-state index contributed by atoms with van der Waals surface area (Å²) in [6.07, 6.45) is 0. The second kappa shape index (κ2) is 4.08. The molecule has 0 bridgehead atoms. The molecule has 0 spiro atoms. The smallest absolute Gasteiger partial charge is 0.156 e. The lowest BCUT2D eigenvalue weighted by Crippen LogP contribution is -2.29. The maximum Gasteiger partial charge on any atom is 0.156 e. The maximum absolute atomic E-state index is 12.0. The molecule has 0 aromatic heterocycles. The summed E-state index contributed by atoms with van der Waals surface area (Å²) < 4.78 is 23.9. The van der Waals surface area contributed by atoms with Gasteiger partial charge in [-0.1, -0.05) is 36.8 Å². The largest absolute Gasteiger partial charge is 0.312 e. The van der Waals surface area contributed by atoms with Crippen LogP contribution < -0.4 is 5.73 Å². The van der Waals surface area contributed by atoms with Crippen LogP contribution in [0.15, 0.2) is 24.3 Å². The first kappa shape index (κ1) is 13.1. The van der Waals surface area contributed by atoms with E-state index in [1.165, 1.54) is 0 Å². The normalized spacial score (nSPS) is 30.8. The van der Waals surface area contributed by atoms with Crippen LogP contribution >= 0.6 is 0 Å². The van der Waals surface area contributed by atoms with E-state index in [1.54, 1.807) is 6.92 Å². The highest BCUT2D eigenvalue weighted by atomic mass is 32.2. The van der Waals surface area contributed by atoms with Gasteiger partial charge < -0.3 is 5.73 Å². The Morgan fingerprint density at radius 3 is 2.39 bits per heavy atom. The Kier molecular flexibility index (Phi) is 2.96. The fourth-order valence-electron chi connectivity index (χ4n) is 2.42. The number of nitriles is 1. The average molecular weight is 264 g/mol. The van der Waals surface area contributed by atoms with Crippen molar-refractivity contribution in [3.05, 3.63) is 35.4 Å². The summed E-state index contributed by atoms with van der Waals surface area (Å²) in [5.41, 5.74) is 6.57. The summed E-state index contributed by atoms with van der Waals surface area (Å²) in [5, 5.41) is 8.37. The molecule has 5 heteroatoms. The lowest BCUT2D eigenvalue weighted by molar-refractivity contribution is 0.593. The van der Waals surface area contributed by atoms with Crippen LogP contribution in [0, 0.1) is 18.3 Å². The number of aryl methyl sites for hydroxylation is 1. The molecule has 1 aromatic rings. The predicted molar refractivity (Wildman–Crippen MR) is 69.7 cm³/mol. The molecule has 0 radical (unpaired) electrons. The summed E-state index contributed by atoms with van der Waals surface area (Å²) in [6, 6.07) is 9.48. The molecule has 2 N–H and O–H groups in total. The molecule has 1 saturated carbocycles. The van der Waals surface area contributed by atoms with E-state index in [2.05, 4.69) is 0 Å². The molecule has 1 aliphatic rings. The monoisotopic (exact) mass is 264 g/mol. The van der Waals surface area contributed by atoms with Crippen molar-refractivity contribution < 1.29 is 8.42 Å². The van der Waals surface area contributed by atoms with Gasteiger partial charge in [-0.15, -0.1) is 0 Å². The number of hydrogen-bond acceptors (Lipinski definition) is 4. The predicted octanol–water partition coefficient (Wildman–Crippen LogP) is 1.12. The molecule has 96 valence electrons. The molecule has 1 aliphatic carbocycles. The van der Waals surface area contributed by atoms with Gasteiger partial charge in [0.1, 0.15) is 10.8 Å². The summed E-state index contributed by atoms with van der Waals surface area (Å²) in [7, 11) is -3.30. The van der Waals surface area contributed by atoms with Gasteiger partial charge in [0.25, 0.3) is 0 Å². The first-order valence-corrected chi connectivity index (χ1v) is 7.56. The van der Waals surface area contributed by atoms with Crippen molar-refractivity contribution in [2.75, 3.05) is 5.75 Å². The number of rotatable bonds is 3. The lowest BCUT2D eigenvalue weighted by Gasteiger charge is -2.01. The average Bonchev–Trinajstić information content (AvgIpc) is 2.98. The summed E-state index contributed by atoms with van der Waals surface area (Å²) in [6.45, 7) is 3.54. The van der Waals surface area contributed by atoms with Crippen molar-refractivity contribution in [2.45, 2.75) is 30.6 Å². The van der Waals surface area contributed by atoms with Crippen LogP contribution in [0.3, 0.4) is 0 Å². The maximum atomic E-state index is 12.0. The minimum absolute atomic E-state index is 0.0145. The van der Waals surface area contributed by atoms with Crippen molar-refractivity contribution in [3.8, 4) is 6.07 Å². The van der Waals surface area contributed by atoms with Gasteiger partial charge >= 0.3 is 0 Å². The molecule has 0 saturated heterocycles. The zero-order chi connectivity index (χ0) is 13.6. The van der Waals surface area contributed by atoms with E-state index in [4.69, 9.17) is 11.0 Å². The third kappa shape index (κ3) is 1.82. The summed E-state index contributed by atoms with van der Waals surface area (Å²) >= 11 is 0. The van der Waals surface area contributed by atoms with Crippen LogP contribution in [-0.2, 0) is 9.84 Å². The summed E-state index contributed by atoms with van der Waals surface area (Å²) in [4.78, 5) is 0. The second-order valence-electron chi connectivity index (χ2n) is 4.81. The lowest BCUT2D eigenvalue weighted by atomic mass is 10.1. The highest BCUT2D eigenvalue weighted by Crippen LogP contribution is 2.53. The fourth-order valence-corrected chi connectivity index (χ4v) is 4.29. The molecule has 0 heterocycles. The van der Waals surface area contributed by atoms with Crippen LogP contribution in [0.4, 0.5) is 0 Å². The Labute approximate surface area is 107 Å². The van der Waals surface area contributed by atoms with E-state index in [0.717, 1.165) is 11.1 Å². The van der Waals surface area contributed by atoms with Gasteiger partial charge in [-0.2, -0.15) is 5.26 Å². The number of benzene rings is 1. The Morgan fingerprint density at radius 1 is 1.39 bits per heavy atom. The molecule has 3 atom stereocenters. The molecule has 0 amide bonds. The number of nitrogens with two attached hydrogens (primary N) is 1. The Hall–Kier alpha value is -1.38. The van der Waals surface area contributed by atoms with Gasteiger partial charge in [-0.3, -0.25) is 0 Å². The van der Waals surface area contributed by atoms with Gasteiger partial charge in [0.15, 0.2) is 9.84 Å². The van der Waals surface area contributed by atoms with Gasteiger partial charge in [0.05, 0.1) is 6.07 Å².